The van der Waals surface area contributed by atoms with Crippen LogP contribution in [0.1, 0.15) is 10.4 Å². The number of anilines is 2. The number of nitro benzene ring substituents is 1. The van der Waals surface area contributed by atoms with E-state index in [-0.39, 0.29) is 11.6 Å². The summed E-state index contributed by atoms with van der Waals surface area (Å²) in [6, 6.07) is 5.95. The van der Waals surface area contributed by atoms with Crippen molar-refractivity contribution in [2.45, 2.75) is 0 Å². The van der Waals surface area contributed by atoms with E-state index in [1.54, 1.807) is 19.2 Å². The maximum absolute atomic E-state index is 12.2. The van der Waals surface area contributed by atoms with Gasteiger partial charge in [0, 0.05) is 25.0 Å². The number of nitrogens with zero attached hydrogens (tertiary/aromatic N) is 2. The van der Waals surface area contributed by atoms with Crippen molar-refractivity contribution in [3.8, 4) is 0 Å². The van der Waals surface area contributed by atoms with Crippen molar-refractivity contribution in [1.29, 1.82) is 0 Å². The molecule has 0 spiro atoms. The highest BCUT2D eigenvalue weighted by Gasteiger charge is 2.15. The highest BCUT2D eigenvalue weighted by Crippen LogP contribution is 2.28. The van der Waals surface area contributed by atoms with Gasteiger partial charge < -0.3 is 10.6 Å². The normalized spacial score (nSPS) is 10.0. The number of carbonyl (C=O) groups is 1. The number of nitrogens with one attached hydrogen (secondary N) is 2. The van der Waals surface area contributed by atoms with Gasteiger partial charge in [0.25, 0.3) is 11.6 Å². The minimum Gasteiger partial charge on any atom is -0.386 e. The maximum atomic E-state index is 12.2. The van der Waals surface area contributed by atoms with Gasteiger partial charge in [0.1, 0.15) is 0 Å². The minimum absolute atomic E-state index is 0.114. The molecule has 0 unspecified atom stereocenters. The van der Waals surface area contributed by atoms with Gasteiger partial charge >= 0.3 is 0 Å². The lowest BCUT2D eigenvalue weighted by Crippen LogP contribution is -2.14. The largest absolute Gasteiger partial charge is 0.386 e. The van der Waals surface area contributed by atoms with Gasteiger partial charge in [0.05, 0.1) is 26.8 Å². The molecule has 108 valence electrons. The second-order valence-corrected chi connectivity index (χ2v) is 4.90. The lowest BCUT2D eigenvalue weighted by molar-refractivity contribution is -0.385. The van der Waals surface area contributed by atoms with E-state index in [9.17, 15) is 14.9 Å². The van der Waals surface area contributed by atoms with Crippen molar-refractivity contribution in [3.05, 3.63) is 56.8 Å². The zero-order chi connectivity index (χ0) is 15.4. The summed E-state index contributed by atoms with van der Waals surface area (Å²) in [7, 11) is 1.68. The Bertz CT molecular complexity index is 706. The van der Waals surface area contributed by atoms with Crippen LogP contribution in [0.15, 0.2) is 41.1 Å². The zero-order valence-corrected chi connectivity index (χ0v) is 12.5. The maximum Gasteiger partial charge on any atom is 0.285 e. The van der Waals surface area contributed by atoms with Crippen molar-refractivity contribution in [2.75, 3.05) is 17.7 Å². The number of carbonyl (C=O) groups excluding carboxylic acids is 1. The van der Waals surface area contributed by atoms with E-state index < -0.39 is 4.92 Å². The molecule has 0 fully saturated rings. The molecule has 1 aromatic heterocycles. The molecule has 2 rings (SSSR count). The Kier molecular flexibility index (Phi) is 4.49. The third-order valence-corrected chi connectivity index (χ3v) is 3.41. The zero-order valence-electron chi connectivity index (χ0n) is 11.0. The lowest BCUT2D eigenvalue weighted by atomic mass is 10.2. The summed E-state index contributed by atoms with van der Waals surface area (Å²) in [5, 5.41) is 16.4. The monoisotopic (exact) mass is 350 g/mol. The molecular formula is C13H11BrN4O3. The second kappa shape index (κ2) is 6.31. The molecule has 0 bridgehead atoms. The van der Waals surface area contributed by atoms with Crippen LogP contribution in [-0.2, 0) is 0 Å². The summed E-state index contributed by atoms with van der Waals surface area (Å²) in [6.07, 6.45) is 3.03. The van der Waals surface area contributed by atoms with E-state index in [0.717, 1.165) is 0 Å². The molecule has 0 saturated carbocycles. The lowest BCUT2D eigenvalue weighted by Gasteiger charge is -2.09. The summed E-state index contributed by atoms with van der Waals surface area (Å²) in [6.45, 7) is 0. The first-order chi connectivity index (χ1) is 10.0. The molecule has 1 aromatic carbocycles. The second-order valence-electron chi connectivity index (χ2n) is 4.05. The van der Waals surface area contributed by atoms with Crippen LogP contribution in [0, 0.1) is 10.1 Å². The molecule has 0 aliphatic heterocycles. The SMILES string of the molecule is CNc1cnccc1C(=O)Nc1ccc(Br)c([N+](=O)[O-])c1. The fourth-order valence-corrected chi connectivity index (χ4v) is 2.11. The van der Waals surface area contributed by atoms with Crippen LogP contribution < -0.4 is 10.6 Å². The fourth-order valence-electron chi connectivity index (χ4n) is 1.72. The Labute approximate surface area is 128 Å². The van der Waals surface area contributed by atoms with Crippen molar-refractivity contribution in [1.82, 2.24) is 4.98 Å². The molecule has 8 heteroatoms. The number of amides is 1. The number of nitro groups is 1. The third-order valence-electron chi connectivity index (χ3n) is 2.74. The van der Waals surface area contributed by atoms with E-state index in [2.05, 4.69) is 31.5 Å². The van der Waals surface area contributed by atoms with Crippen molar-refractivity contribution in [3.63, 3.8) is 0 Å². The van der Waals surface area contributed by atoms with Gasteiger partial charge in [-0.05, 0) is 34.1 Å². The van der Waals surface area contributed by atoms with Crippen LogP contribution in [0.3, 0.4) is 0 Å². The van der Waals surface area contributed by atoms with Gasteiger partial charge in [0.2, 0.25) is 0 Å². The number of aromatic nitrogens is 1. The number of benzene rings is 1. The summed E-state index contributed by atoms with van der Waals surface area (Å²) in [4.78, 5) is 26.5. The Morgan fingerprint density at radius 3 is 2.81 bits per heavy atom. The molecule has 21 heavy (non-hydrogen) atoms. The van der Waals surface area contributed by atoms with E-state index in [1.165, 1.54) is 24.5 Å². The quantitative estimate of drug-likeness (QED) is 0.652. The Balaban J connectivity index is 2.28. The van der Waals surface area contributed by atoms with Crippen molar-refractivity contribution >= 4 is 38.9 Å². The average Bonchev–Trinajstić information content (AvgIpc) is 2.48. The molecule has 0 atom stereocenters. The third kappa shape index (κ3) is 3.34. The van der Waals surface area contributed by atoms with Crippen LogP contribution in [-0.4, -0.2) is 22.9 Å². The van der Waals surface area contributed by atoms with Crippen LogP contribution >= 0.6 is 15.9 Å². The highest BCUT2D eigenvalue weighted by atomic mass is 79.9. The minimum atomic E-state index is -0.523. The van der Waals surface area contributed by atoms with E-state index >= 15 is 0 Å². The molecular weight excluding hydrogens is 340 g/mol. The van der Waals surface area contributed by atoms with Crippen LogP contribution in [0.4, 0.5) is 17.1 Å². The van der Waals surface area contributed by atoms with Crippen molar-refractivity contribution in [2.24, 2.45) is 0 Å². The predicted octanol–water partition coefficient (Wildman–Crippen LogP) is 3.05. The highest BCUT2D eigenvalue weighted by molar-refractivity contribution is 9.10. The van der Waals surface area contributed by atoms with Crippen LogP contribution in [0.25, 0.3) is 0 Å². The van der Waals surface area contributed by atoms with Gasteiger partial charge in [-0.3, -0.25) is 19.9 Å². The standard InChI is InChI=1S/C13H11BrN4O3/c1-15-11-7-16-5-4-9(11)13(19)17-8-2-3-10(14)12(6-8)18(20)21/h2-7,15H,1H3,(H,17,19). The smallest absolute Gasteiger partial charge is 0.285 e. The summed E-state index contributed by atoms with van der Waals surface area (Å²) in [5.41, 5.74) is 1.20. The number of halogens is 1. The first kappa shape index (κ1) is 14.9. The number of rotatable bonds is 4. The van der Waals surface area contributed by atoms with E-state index in [1.807, 2.05) is 0 Å². The number of hydrogen-bond acceptors (Lipinski definition) is 5. The molecule has 1 heterocycles. The molecule has 2 aromatic rings. The Morgan fingerprint density at radius 1 is 1.38 bits per heavy atom. The topological polar surface area (TPSA) is 97.2 Å². The molecule has 1 amide bonds. The summed E-state index contributed by atoms with van der Waals surface area (Å²) < 4.78 is 0.352. The molecule has 0 aliphatic rings. The van der Waals surface area contributed by atoms with Gasteiger partial charge in [-0.25, -0.2) is 0 Å². The van der Waals surface area contributed by atoms with Gasteiger partial charge in [-0.2, -0.15) is 0 Å². The Hall–Kier alpha value is -2.48. The molecule has 0 saturated heterocycles. The summed E-state index contributed by atoms with van der Waals surface area (Å²) >= 11 is 3.09. The molecule has 0 aliphatic carbocycles. The van der Waals surface area contributed by atoms with Crippen LogP contribution in [0.2, 0.25) is 0 Å². The van der Waals surface area contributed by atoms with Gasteiger partial charge in [0.15, 0.2) is 0 Å². The van der Waals surface area contributed by atoms with E-state index in [0.29, 0.717) is 21.4 Å². The number of pyridine rings is 1. The molecule has 2 N–H and O–H groups in total. The van der Waals surface area contributed by atoms with E-state index in [4.69, 9.17) is 0 Å². The van der Waals surface area contributed by atoms with Gasteiger partial charge in [-0.1, -0.05) is 0 Å². The van der Waals surface area contributed by atoms with Crippen molar-refractivity contribution < 1.29 is 9.72 Å². The Morgan fingerprint density at radius 2 is 2.14 bits per heavy atom. The summed E-state index contributed by atoms with van der Waals surface area (Å²) in [5.74, 6) is -0.377. The van der Waals surface area contributed by atoms with Gasteiger partial charge in [-0.15, -0.1) is 0 Å². The first-order valence-electron chi connectivity index (χ1n) is 5.90. The molecule has 7 nitrogen and oxygen atoms in total. The first-order valence-corrected chi connectivity index (χ1v) is 6.69. The van der Waals surface area contributed by atoms with Crippen LogP contribution in [0.5, 0.6) is 0 Å². The average molecular weight is 351 g/mol. The fraction of sp³-hybridized carbons (Fsp3) is 0.0769. The predicted molar refractivity (Wildman–Crippen MR) is 82.5 cm³/mol. The number of hydrogen-bond donors (Lipinski definition) is 2. The molecule has 0 radical (unpaired) electrons.